The molecule has 4 rings (SSSR count). The predicted molar refractivity (Wildman–Crippen MR) is 78.0 cm³/mol. The Morgan fingerprint density at radius 3 is 2.79 bits per heavy atom. The molecule has 2 heterocycles. The second-order valence-corrected chi connectivity index (χ2v) is 6.66. The first kappa shape index (κ1) is 11.9. The SMILES string of the molecule is c1cc2c(cc1CC1CCCNC1)CN(C1CC1)C2. The number of fused-ring (bicyclic) bond motifs is 1. The fourth-order valence-electron chi connectivity index (χ4n) is 3.73. The first-order chi connectivity index (χ1) is 9.38. The first-order valence-electron chi connectivity index (χ1n) is 7.94. The molecule has 2 fully saturated rings. The summed E-state index contributed by atoms with van der Waals surface area (Å²) in [6.45, 7) is 4.84. The maximum Gasteiger partial charge on any atom is 0.0243 e. The fourth-order valence-corrected chi connectivity index (χ4v) is 3.73. The van der Waals surface area contributed by atoms with Gasteiger partial charge in [-0.3, -0.25) is 4.90 Å². The van der Waals surface area contributed by atoms with Gasteiger partial charge in [0.25, 0.3) is 0 Å². The molecule has 1 aromatic carbocycles. The van der Waals surface area contributed by atoms with Gasteiger partial charge in [0.15, 0.2) is 0 Å². The topological polar surface area (TPSA) is 15.3 Å². The molecule has 0 amide bonds. The van der Waals surface area contributed by atoms with Gasteiger partial charge in [-0.05, 0) is 67.8 Å². The molecular formula is C17H24N2. The lowest BCUT2D eigenvalue weighted by Crippen LogP contribution is -2.30. The number of rotatable bonds is 3. The Morgan fingerprint density at radius 1 is 1.11 bits per heavy atom. The van der Waals surface area contributed by atoms with Crippen molar-refractivity contribution >= 4 is 0 Å². The molecule has 0 radical (unpaired) electrons. The maximum absolute atomic E-state index is 3.53. The van der Waals surface area contributed by atoms with Gasteiger partial charge < -0.3 is 5.32 Å². The molecule has 0 aromatic heterocycles. The Morgan fingerprint density at radius 2 is 2.00 bits per heavy atom. The van der Waals surface area contributed by atoms with E-state index in [1.807, 2.05) is 0 Å². The normalized spacial score (nSPS) is 27.5. The molecule has 1 unspecified atom stereocenters. The average molecular weight is 256 g/mol. The van der Waals surface area contributed by atoms with E-state index in [1.165, 1.54) is 58.3 Å². The highest BCUT2D eigenvalue weighted by molar-refractivity contribution is 5.35. The van der Waals surface area contributed by atoms with Crippen LogP contribution in [0.15, 0.2) is 18.2 Å². The van der Waals surface area contributed by atoms with Crippen LogP contribution < -0.4 is 5.32 Å². The maximum atomic E-state index is 3.53. The van der Waals surface area contributed by atoms with Gasteiger partial charge in [-0.1, -0.05) is 18.2 Å². The number of piperidine rings is 1. The Bertz CT molecular complexity index is 458. The third-order valence-electron chi connectivity index (χ3n) is 5.00. The van der Waals surface area contributed by atoms with E-state index in [2.05, 4.69) is 28.4 Å². The van der Waals surface area contributed by atoms with Crippen molar-refractivity contribution in [1.82, 2.24) is 10.2 Å². The third-order valence-corrected chi connectivity index (χ3v) is 5.00. The van der Waals surface area contributed by atoms with E-state index in [0.29, 0.717) is 0 Å². The summed E-state index contributed by atoms with van der Waals surface area (Å²) in [5.74, 6) is 0.854. The molecule has 19 heavy (non-hydrogen) atoms. The fraction of sp³-hybridized carbons (Fsp3) is 0.647. The molecule has 102 valence electrons. The van der Waals surface area contributed by atoms with Gasteiger partial charge in [0.2, 0.25) is 0 Å². The molecule has 1 aromatic rings. The summed E-state index contributed by atoms with van der Waals surface area (Å²) in [4.78, 5) is 2.66. The molecule has 1 saturated heterocycles. The largest absolute Gasteiger partial charge is 0.316 e. The summed E-state index contributed by atoms with van der Waals surface area (Å²) in [6.07, 6.45) is 6.87. The highest BCUT2D eigenvalue weighted by Gasteiger charge is 2.32. The van der Waals surface area contributed by atoms with Crippen molar-refractivity contribution in [3.8, 4) is 0 Å². The van der Waals surface area contributed by atoms with Crippen molar-refractivity contribution in [2.45, 2.75) is 51.2 Å². The minimum absolute atomic E-state index is 0.854. The zero-order valence-electron chi connectivity index (χ0n) is 11.7. The highest BCUT2D eigenvalue weighted by atomic mass is 15.2. The Kier molecular flexibility index (Phi) is 3.08. The number of nitrogens with one attached hydrogen (secondary N) is 1. The Hall–Kier alpha value is -0.860. The summed E-state index contributed by atoms with van der Waals surface area (Å²) in [5.41, 5.74) is 4.75. The number of benzene rings is 1. The van der Waals surface area contributed by atoms with Crippen LogP contribution >= 0.6 is 0 Å². The van der Waals surface area contributed by atoms with Gasteiger partial charge in [-0.25, -0.2) is 0 Å². The molecular weight excluding hydrogens is 232 g/mol. The second kappa shape index (κ2) is 4.92. The van der Waals surface area contributed by atoms with Gasteiger partial charge >= 0.3 is 0 Å². The van der Waals surface area contributed by atoms with Crippen LogP contribution in [0.4, 0.5) is 0 Å². The van der Waals surface area contributed by atoms with E-state index in [0.717, 1.165) is 12.0 Å². The summed E-state index contributed by atoms with van der Waals surface area (Å²) in [6, 6.07) is 8.16. The van der Waals surface area contributed by atoms with E-state index in [1.54, 1.807) is 16.7 Å². The van der Waals surface area contributed by atoms with Crippen LogP contribution in [0, 0.1) is 5.92 Å². The summed E-state index contributed by atoms with van der Waals surface area (Å²) in [5, 5.41) is 3.53. The average Bonchev–Trinajstić information content (AvgIpc) is 3.20. The van der Waals surface area contributed by atoms with Crippen molar-refractivity contribution in [2.24, 2.45) is 5.92 Å². The summed E-state index contributed by atoms with van der Waals surface area (Å²) < 4.78 is 0. The molecule has 3 aliphatic rings. The first-order valence-corrected chi connectivity index (χ1v) is 7.94. The zero-order chi connectivity index (χ0) is 12.7. The van der Waals surface area contributed by atoms with Crippen LogP contribution in [0.1, 0.15) is 42.4 Å². The Labute approximate surface area is 116 Å². The van der Waals surface area contributed by atoms with Gasteiger partial charge in [0.1, 0.15) is 0 Å². The van der Waals surface area contributed by atoms with Crippen LogP contribution in [0.5, 0.6) is 0 Å². The Balaban J connectivity index is 1.45. The highest BCUT2D eigenvalue weighted by Crippen LogP contribution is 2.35. The standard InChI is InChI=1S/C17H24N2/c1-2-14(10-18-7-1)8-13-3-4-15-11-19(17-5-6-17)12-16(15)9-13/h3-4,9,14,17-18H,1-2,5-8,10-12H2. The molecule has 1 atom stereocenters. The quantitative estimate of drug-likeness (QED) is 0.894. The summed E-state index contributed by atoms with van der Waals surface area (Å²) in [7, 11) is 0. The van der Waals surface area contributed by atoms with Gasteiger partial charge in [-0.2, -0.15) is 0 Å². The molecule has 1 aliphatic carbocycles. The lowest BCUT2D eigenvalue weighted by Gasteiger charge is -2.22. The van der Waals surface area contributed by atoms with Crippen molar-refractivity contribution in [1.29, 1.82) is 0 Å². The third kappa shape index (κ3) is 2.56. The minimum atomic E-state index is 0.854. The van der Waals surface area contributed by atoms with Gasteiger partial charge in [0.05, 0.1) is 0 Å². The van der Waals surface area contributed by atoms with Gasteiger partial charge in [-0.15, -0.1) is 0 Å². The van der Waals surface area contributed by atoms with Gasteiger partial charge in [0, 0.05) is 19.1 Å². The minimum Gasteiger partial charge on any atom is -0.316 e. The van der Waals surface area contributed by atoms with E-state index in [9.17, 15) is 0 Å². The smallest absolute Gasteiger partial charge is 0.0243 e. The number of nitrogens with zero attached hydrogens (tertiary/aromatic N) is 1. The monoisotopic (exact) mass is 256 g/mol. The van der Waals surface area contributed by atoms with Crippen LogP contribution in [0.2, 0.25) is 0 Å². The van der Waals surface area contributed by atoms with Crippen molar-refractivity contribution in [3.05, 3.63) is 34.9 Å². The lowest BCUT2D eigenvalue weighted by molar-refractivity contribution is 0.273. The lowest BCUT2D eigenvalue weighted by atomic mass is 9.91. The molecule has 0 spiro atoms. The van der Waals surface area contributed by atoms with Crippen LogP contribution in [-0.2, 0) is 19.5 Å². The van der Waals surface area contributed by atoms with Crippen LogP contribution in [-0.4, -0.2) is 24.0 Å². The molecule has 1 saturated carbocycles. The van der Waals surface area contributed by atoms with Crippen LogP contribution in [0.3, 0.4) is 0 Å². The van der Waals surface area contributed by atoms with E-state index < -0.39 is 0 Å². The van der Waals surface area contributed by atoms with E-state index in [4.69, 9.17) is 0 Å². The van der Waals surface area contributed by atoms with E-state index in [-0.39, 0.29) is 0 Å². The molecule has 2 aliphatic heterocycles. The molecule has 2 heteroatoms. The summed E-state index contributed by atoms with van der Waals surface area (Å²) >= 11 is 0. The van der Waals surface area contributed by atoms with Crippen molar-refractivity contribution < 1.29 is 0 Å². The van der Waals surface area contributed by atoms with Crippen molar-refractivity contribution in [2.75, 3.05) is 13.1 Å². The van der Waals surface area contributed by atoms with Crippen LogP contribution in [0.25, 0.3) is 0 Å². The molecule has 1 N–H and O–H groups in total. The van der Waals surface area contributed by atoms with Crippen molar-refractivity contribution in [3.63, 3.8) is 0 Å². The zero-order valence-corrected chi connectivity index (χ0v) is 11.7. The molecule has 2 nitrogen and oxygen atoms in total. The number of hydrogen-bond donors (Lipinski definition) is 1. The number of hydrogen-bond acceptors (Lipinski definition) is 2. The predicted octanol–water partition coefficient (Wildman–Crippen LogP) is 2.71. The second-order valence-electron chi connectivity index (χ2n) is 6.66. The van der Waals surface area contributed by atoms with E-state index >= 15 is 0 Å². The molecule has 0 bridgehead atoms.